The molecule has 146 valence electrons. The lowest BCUT2D eigenvalue weighted by Gasteiger charge is -2.26. The second-order valence-corrected chi connectivity index (χ2v) is 7.90. The highest BCUT2D eigenvalue weighted by molar-refractivity contribution is 7.10. The molecule has 0 unspecified atom stereocenters. The Balaban J connectivity index is 1.37. The third-order valence-electron chi connectivity index (χ3n) is 4.93. The van der Waals surface area contributed by atoms with E-state index in [2.05, 4.69) is 44.4 Å². The first kappa shape index (κ1) is 18.8. The molecule has 0 aliphatic carbocycles. The number of thiophene rings is 1. The number of hydrogen-bond donors (Lipinski definition) is 1. The standard InChI is InChI=1S/C20H23N5O2S/c1-3-14-4-5-15(21-8-14)10-25-7-6-16-17(12-28-18(16)11-25)20(26)22-9-19-23-13(2)27-24-19/h4-5,8,12H,3,6-7,9-11H2,1-2H3,(H,22,26). The van der Waals surface area contributed by atoms with Gasteiger partial charge in [0.15, 0.2) is 5.82 Å². The zero-order chi connectivity index (χ0) is 19.5. The van der Waals surface area contributed by atoms with Gasteiger partial charge in [0.1, 0.15) is 0 Å². The predicted octanol–water partition coefficient (Wildman–Crippen LogP) is 2.89. The number of fused-ring (bicyclic) bond motifs is 1. The normalized spacial score (nSPS) is 14.1. The molecule has 0 fully saturated rings. The lowest BCUT2D eigenvalue weighted by molar-refractivity contribution is 0.0948. The zero-order valence-corrected chi connectivity index (χ0v) is 16.9. The molecule has 0 saturated heterocycles. The van der Waals surface area contributed by atoms with Gasteiger partial charge in [-0.05, 0) is 30.0 Å². The van der Waals surface area contributed by atoms with Crippen LogP contribution in [0.15, 0.2) is 28.2 Å². The van der Waals surface area contributed by atoms with Gasteiger partial charge in [0.05, 0.1) is 17.8 Å². The van der Waals surface area contributed by atoms with Crippen molar-refractivity contribution in [2.75, 3.05) is 6.54 Å². The SMILES string of the molecule is CCc1ccc(CN2CCc3c(C(=O)NCc4noc(C)n4)csc3C2)nc1. The van der Waals surface area contributed by atoms with Crippen LogP contribution < -0.4 is 5.32 Å². The summed E-state index contributed by atoms with van der Waals surface area (Å²) in [5.74, 6) is 0.906. The van der Waals surface area contributed by atoms with E-state index in [4.69, 9.17) is 4.52 Å². The van der Waals surface area contributed by atoms with E-state index in [9.17, 15) is 4.79 Å². The van der Waals surface area contributed by atoms with E-state index in [1.54, 1.807) is 18.3 Å². The smallest absolute Gasteiger partial charge is 0.252 e. The van der Waals surface area contributed by atoms with E-state index in [1.165, 1.54) is 10.4 Å². The van der Waals surface area contributed by atoms with Crippen molar-refractivity contribution in [3.8, 4) is 0 Å². The van der Waals surface area contributed by atoms with Crippen molar-refractivity contribution in [3.05, 3.63) is 62.7 Å². The number of hydrogen-bond acceptors (Lipinski definition) is 7. The van der Waals surface area contributed by atoms with Crippen molar-refractivity contribution >= 4 is 17.2 Å². The number of amides is 1. The number of aryl methyl sites for hydroxylation is 2. The Kier molecular flexibility index (Phi) is 5.50. The Morgan fingerprint density at radius 3 is 3.00 bits per heavy atom. The molecule has 0 saturated carbocycles. The Hall–Kier alpha value is -2.58. The maximum Gasteiger partial charge on any atom is 0.252 e. The fourth-order valence-corrected chi connectivity index (χ4v) is 4.48. The molecule has 7 nitrogen and oxygen atoms in total. The molecule has 0 aromatic carbocycles. The number of pyridine rings is 1. The minimum Gasteiger partial charge on any atom is -0.345 e. The monoisotopic (exact) mass is 397 g/mol. The molecule has 1 aliphatic heterocycles. The van der Waals surface area contributed by atoms with Crippen LogP contribution >= 0.6 is 11.3 Å². The third kappa shape index (κ3) is 4.13. The number of nitrogens with zero attached hydrogens (tertiary/aromatic N) is 4. The summed E-state index contributed by atoms with van der Waals surface area (Å²) >= 11 is 1.65. The molecule has 4 heterocycles. The average molecular weight is 398 g/mol. The molecule has 4 rings (SSSR count). The third-order valence-corrected chi connectivity index (χ3v) is 5.94. The van der Waals surface area contributed by atoms with Gasteiger partial charge in [-0.15, -0.1) is 11.3 Å². The maximum atomic E-state index is 12.6. The van der Waals surface area contributed by atoms with Crippen molar-refractivity contribution in [2.45, 2.75) is 46.3 Å². The second-order valence-electron chi connectivity index (χ2n) is 6.94. The van der Waals surface area contributed by atoms with Crippen LogP contribution in [0, 0.1) is 6.92 Å². The number of nitrogens with one attached hydrogen (secondary N) is 1. The van der Waals surface area contributed by atoms with Gasteiger partial charge in [0.2, 0.25) is 5.89 Å². The van der Waals surface area contributed by atoms with Crippen LogP contribution in [0.4, 0.5) is 0 Å². The van der Waals surface area contributed by atoms with E-state index >= 15 is 0 Å². The predicted molar refractivity (Wildman–Crippen MR) is 106 cm³/mol. The van der Waals surface area contributed by atoms with Crippen LogP contribution in [-0.4, -0.2) is 32.5 Å². The molecule has 1 aliphatic rings. The largest absolute Gasteiger partial charge is 0.345 e. The van der Waals surface area contributed by atoms with E-state index in [1.807, 2.05) is 11.6 Å². The fraction of sp³-hybridized carbons (Fsp3) is 0.400. The van der Waals surface area contributed by atoms with E-state index in [-0.39, 0.29) is 12.5 Å². The molecule has 0 radical (unpaired) electrons. The van der Waals surface area contributed by atoms with Crippen molar-refractivity contribution < 1.29 is 9.32 Å². The highest BCUT2D eigenvalue weighted by Crippen LogP contribution is 2.29. The number of carbonyl (C=O) groups excluding carboxylic acids is 1. The van der Waals surface area contributed by atoms with Gasteiger partial charge in [0, 0.05) is 43.0 Å². The molecule has 1 amide bonds. The lowest BCUT2D eigenvalue weighted by Crippen LogP contribution is -2.31. The van der Waals surface area contributed by atoms with Gasteiger partial charge in [0.25, 0.3) is 5.91 Å². The van der Waals surface area contributed by atoms with Crippen LogP contribution in [0.3, 0.4) is 0 Å². The number of rotatable bonds is 6. The average Bonchev–Trinajstić information content (AvgIpc) is 3.32. The van der Waals surface area contributed by atoms with Crippen molar-refractivity contribution in [3.63, 3.8) is 0 Å². The Bertz CT molecular complexity index is 963. The van der Waals surface area contributed by atoms with Crippen LogP contribution in [0.25, 0.3) is 0 Å². The van der Waals surface area contributed by atoms with E-state index in [0.717, 1.165) is 49.3 Å². The van der Waals surface area contributed by atoms with Crippen LogP contribution in [0.2, 0.25) is 0 Å². The fourth-order valence-electron chi connectivity index (χ4n) is 3.36. The highest BCUT2D eigenvalue weighted by atomic mass is 32.1. The topological polar surface area (TPSA) is 84.2 Å². The van der Waals surface area contributed by atoms with Gasteiger partial charge < -0.3 is 9.84 Å². The minimum absolute atomic E-state index is 0.0785. The van der Waals surface area contributed by atoms with Crippen molar-refractivity contribution in [1.82, 2.24) is 25.3 Å². The van der Waals surface area contributed by atoms with Gasteiger partial charge in [-0.25, -0.2) is 0 Å². The summed E-state index contributed by atoms with van der Waals surface area (Å²) in [6.07, 6.45) is 3.84. The summed E-state index contributed by atoms with van der Waals surface area (Å²) in [6.45, 7) is 6.75. The summed E-state index contributed by atoms with van der Waals surface area (Å²) < 4.78 is 4.93. The first-order valence-electron chi connectivity index (χ1n) is 9.45. The van der Waals surface area contributed by atoms with E-state index in [0.29, 0.717) is 11.7 Å². The minimum atomic E-state index is -0.0785. The summed E-state index contributed by atoms with van der Waals surface area (Å²) in [5.41, 5.74) is 4.28. The van der Waals surface area contributed by atoms with Gasteiger partial charge in [-0.2, -0.15) is 4.98 Å². The number of aromatic nitrogens is 3. The Morgan fingerprint density at radius 2 is 2.29 bits per heavy atom. The molecule has 1 N–H and O–H groups in total. The quantitative estimate of drug-likeness (QED) is 0.689. The molecular weight excluding hydrogens is 374 g/mol. The van der Waals surface area contributed by atoms with E-state index < -0.39 is 0 Å². The van der Waals surface area contributed by atoms with Crippen molar-refractivity contribution in [1.29, 1.82) is 0 Å². The molecule has 3 aromatic heterocycles. The summed E-state index contributed by atoms with van der Waals surface area (Å²) in [7, 11) is 0. The zero-order valence-electron chi connectivity index (χ0n) is 16.1. The van der Waals surface area contributed by atoms with Crippen molar-refractivity contribution in [2.24, 2.45) is 0 Å². The molecule has 28 heavy (non-hydrogen) atoms. The lowest BCUT2D eigenvalue weighted by atomic mass is 10.0. The highest BCUT2D eigenvalue weighted by Gasteiger charge is 2.24. The summed E-state index contributed by atoms with van der Waals surface area (Å²) in [5, 5.41) is 8.65. The Morgan fingerprint density at radius 1 is 1.39 bits per heavy atom. The second kappa shape index (κ2) is 8.20. The van der Waals surface area contributed by atoms with Crippen LogP contribution in [-0.2, 0) is 32.5 Å². The number of carbonyl (C=O) groups is 1. The molecular formula is C20H23N5O2S. The molecule has 3 aromatic rings. The molecule has 0 bridgehead atoms. The molecule has 8 heteroatoms. The Labute approximate surface area is 167 Å². The van der Waals surface area contributed by atoms with Crippen LogP contribution in [0.5, 0.6) is 0 Å². The van der Waals surface area contributed by atoms with Crippen LogP contribution in [0.1, 0.15) is 50.7 Å². The maximum absolute atomic E-state index is 12.6. The molecule has 0 atom stereocenters. The summed E-state index contributed by atoms with van der Waals surface area (Å²) in [4.78, 5) is 24.9. The first-order valence-corrected chi connectivity index (χ1v) is 10.3. The van der Waals surface area contributed by atoms with Gasteiger partial charge in [-0.1, -0.05) is 18.1 Å². The summed E-state index contributed by atoms with van der Waals surface area (Å²) in [6, 6.07) is 4.26. The van der Waals surface area contributed by atoms with Gasteiger partial charge >= 0.3 is 0 Å². The first-order chi connectivity index (χ1) is 13.6. The molecule has 0 spiro atoms. The van der Waals surface area contributed by atoms with Gasteiger partial charge in [-0.3, -0.25) is 14.7 Å².